The topological polar surface area (TPSA) is 54.5 Å². The van der Waals surface area contributed by atoms with Gasteiger partial charge in [0.25, 0.3) is 0 Å². The van der Waals surface area contributed by atoms with E-state index in [1.807, 2.05) is 0 Å². The Labute approximate surface area is 175 Å². The molecule has 1 saturated heterocycles. The molecule has 0 unspecified atom stereocenters. The zero-order valence-electron chi connectivity index (χ0n) is 15.4. The molecule has 148 valence electrons. The smallest absolute Gasteiger partial charge is 0.243 e. The van der Waals surface area contributed by atoms with Crippen molar-refractivity contribution in [3.63, 3.8) is 0 Å². The van der Waals surface area contributed by atoms with Crippen LogP contribution in [0.15, 0.2) is 53.4 Å². The van der Waals surface area contributed by atoms with Crippen molar-refractivity contribution < 1.29 is 13.2 Å². The number of piperidine rings is 1. The lowest BCUT2D eigenvalue weighted by Crippen LogP contribution is -2.37. The summed E-state index contributed by atoms with van der Waals surface area (Å²) in [5.74, 6) is 0.289. The van der Waals surface area contributed by atoms with Crippen LogP contribution in [0.5, 0.6) is 0 Å². The van der Waals surface area contributed by atoms with Crippen molar-refractivity contribution in [2.45, 2.75) is 24.7 Å². The number of carbonyl (C=O) groups is 1. The van der Waals surface area contributed by atoms with E-state index in [-0.39, 0.29) is 10.7 Å². The van der Waals surface area contributed by atoms with Crippen LogP contribution in [0, 0.1) is 5.92 Å². The molecule has 0 bridgehead atoms. The Balaban J connectivity index is 1.75. The summed E-state index contributed by atoms with van der Waals surface area (Å²) in [4.78, 5) is 12.6. The minimum Gasteiger partial charge on any atom is -0.289 e. The number of sulfonamides is 1. The molecule has 2 aromatic carbocycles. The first kappa shape index (κ1) is 21.1. The summed E-state index contributed by atoms with van der Waals surface area (Å²) in [6.07, 6.45) is 4.67. The zero-order chi connectivity index (χ0) is 20.3. The minimum absolute atomic E-state index is 0.205. The van der Waals surface area contributed by atoms with Crippen LogP contribution in [0.1, 0.15) is 35.7 Å². The fourth-order valence-electron chi connectivity index (χ4n) is 3.09. The van der Waals surface area contributed by atoms with Crippen molar-refractivity contribution in [3.05, 3.63) is 69.7 Å². The normalized spacial score (nSPS) is 16.5. The zero-order valence-corrected chi connectivity index (χ0v) is 17.8. The lowest BCUT2D eigenvalue weighted by molar-refractivity contribution is 0.104. The fraction of sp³-hybridized carbons (Fsp3) is 0.286. The molecule has 1 heterocycles. The van der Waals surface area contributed by atoms with Gasteiger partial charge >= 0.3 is 0 Å². The largest absolute Gasteiger partial charge is 0.289 e. The highest BCUT2D eigenvalue weighted by Crippen LogP contribution is 2.26. The van der Waals surface area contributed by atoms with E-state index in [1.54, 1.807) is 24.3 Å². The molecule has 0 aromatic heterocycles. The van der Waals surface area contributed by atoms with E-state index in [9.17, 15) is 13.2 Å². The maximum Gasteiger partial charge on any atom is 0.243 e. The van der Waals surface area contributed by atoms with Crippen LogP contribution >= 0.6 is 23.2 Å². The number of rotatable bonds is 5. The third-order valence-electron chi connectivity index (χ3n) is 4.92. The summed E-state index contributed by atoms with van der Waals surface area (Å²) in [5.41, 5.74) is 0.961. The Kier molecular flexibility index (Phi) is 6.61. The van der Waals surface area contributed by atoms with Gasteiger partial charge in [-0.1, -0.05) is 36.2 Å². The number of ketones is 1. The lowest BCUT2D eigenvalue weighted by atomic mass is 10.0. The number of halogens is 2. The van der Waals surface area contributed by atoms with Gasteiger partial charge in [0, 0.05) is 34.3 Å². The molecule has 0 aliphatic carbocycles. The highest BCUT2D eigenvalue weighted by atomic mass is 35.5. The second-order valence-electron chi connectivity index (χ2n) is 6.94. The number of nitrogens with zero attached hydrogens (tertiary/aromatic N) is 1. The molecule has 7 heteroatoms. The molecule has 1 aliphatic rings. The highest BCUT2D eigenvalue weighted by molar-refractivity contribution is 7.89. The molecule has 0 saturated carbocycles. The number of carbonyl (C=O) groups excluding carboxylic acids is 1. The van der Waals surface area contributed by atoms with Crippen molar-refractivity contribution in [2.75, 3.05) is 13.1 Å². The standard InChI is InChI=1S/C21H21Cl2NO3S/c1-15-11-13-24(14-12-15)28(26,27)17-7-5-16(6-8-17)21(25)10-9-18-19(22)3-2-4-20(18)23/h2-10,15H,11-14H2,1H3. The number of hydrogen-bond donors (Lipinski definition) is 0. The van der Waals surface area contributed by atoms with Crippen LogP contribution < -0.4 is 0 Å². The Morgan fingerprint density at radius 1 is 1.04 bits per heavy atom. The van der Waals surface area contributed by atoms with Gasteiger partial charge in [-0.25, -0.2) is 8.42 Å². The van der Waals surface area contributed by atoms with Gasteiger partial charge in [-0.15, -0.1) is 0 Å². The van der Waals surface area contributed by atoms with Crippen LogP contribution in [0.3, 0.4) is 0 Å². The summed E-state index contributed by atoms with van der Waals surface area (Å²) in [5, 5.41) is 0.905. The highest BCUT2D eigenvalue weighted by Gasteiger charge is 2.28. The van der Waals surface area contributed by atoms with Crippen LogP contribution in [-0.2, 0) is 10.0 Å². The molecule has 1 aliphatic heterocycles. The van der Waals surface area contributed by atoms with E-state index in [0.717, 1.165) is 12.8 Å². The summed E-state index contributed by atoms with van der Waals surface area (Å²) in [7, 11) is -3.53. The molecule has 0 N–H and O–H groups in total. The Morgan fingerprint density at radius 2 is 1.61 bits per heavy atom. The molecule has 1 fully saturated rings. The van der Waals surface area contributed by atoms with Gasteiger partial charge in [-0.3, -0.25) is 4.79 Å². The number of allylic oxidation sites excluding steroid dienone is 1. The van der Waals surface area contributed by atoms with E-state index in [4.69, 9.17) is 23.2 Å². The minimum atomic E-state index is -3.53. The van der Waals surface area contributed by atoms with Crippen LogP contribution in [0.2, 0.25) is 10.0 Å². The van der Waals surface area contributed by atoms with Crippen molar-refractivity contribution in [1.82, 2.24) is 4.31 Å². The molecular formula is C21H21Cl2NO3S. The van der Waals surface area contributed by atoms with Gasteiger partial charge in [-0.2, -0.15) is 4.31 Å². The summed E-state index contributed by atoms with van der Waals surface area (Å²) >= 11 is 12.2. The first-order valence-electron chi connectivity index (χ1n) is 9.05. The molecular weight excluding hydrogens is 417 g/mol. The van der Waals surface area contributed by atoms with Crippen molar-refractivity contribution in [1.29, 1.82) is 0 Å². The summed E-state index contributed by atoms with van der Waals surface area (Å²) < 4.78 is 27.0. The first-order valence-corrected chi connectivity index (χ1v) is 11.3. The van der Waals surface area contributed by atoms with E-state index in [1.165, 1.54) is 34.6 Å². The third-order valence-corrected chi connectivity index (χ3v) is 7.49. The van der Waals surface area contributed by atoms with Gasteiger partial charge in [0.2, 0.25) is 10.0 Å². The van der Waals surface area contributed by atoms with Gasteiger partial charge in [0.05, 0.1) is 4.90 Å². The monoisotopic (exact) mass is 437 g/mol. The SMILES string of the molecule is CC1CCN(S(=O)(=O)c2ccc(C(=O)C=Cc3c(Cl)cccc3Cl)cc2)CC1. The Morgan fingerprint density at radius 3 is 2.18 bits per heavy atom. The lowest BCUT2D eigenvalue weighted by Gasteiger charge is -2.29. The average molecular weight is 438 g/mol. The van der Waals surface area contributed by atoms with E-state index in [0.29, 0.717) is 40.2 Å². The molecule has 0 radical (unpaired) electrons. The number of hydrogen-bond acceptors (Lipinski definition) is 3. The molecule has 0 amide bonds. The predicted octanol–water partition coefficient (Wildman–Crippen LogP) is 5.31. The Hall–Kier alpha value is -1.66. The van der Waals surface area contributed by atoms with Gasteiger partial charge < -0.3 is 0 Å². The Bertz CT molecular complexity index is 973. The quantitative estimate of drug-likeness (QED) is 0.470. The maximum absolute atomic E-state index is 12.8. The second-order valence-corrected chi connectivity index (χ2v) is 9.70. The predicted molar refractivity (Wildman–Crippen MR) is 113 cm³/mol. The third kappa shape index (κ3) is 4.66. The summed E-state index contributed by atoms with van der Waals surface area (Å²) in [6, 6.07) is 11.1. The average Bonchev–Trinajstić information content (AvgIpc) is 2.68. The van der Waals surface area contributed by atoms with Crippen LogP contribution in [0.4, 0.5) is 0 Å². The molecule has 28 heavy (non-hydrogen) atoms. The fourth-order valence-corrected chi connectivity index (χ4v) is 5.08. The van der Waals surface area contributed by atoms with Crippen LogP contribution in [-0.4, -0.2) is 31.6 Å². The number of benzene rings is 2. The molecule has 0 atom stereocenters. The van der Waals surface area contributed by atoms with Crippen LogP contribution in [0.25, 0.3) is 6.08 Å². The molecule has 4 nitrogen and oxygen atoms in total. The van der Waals surface area contributed by atoms with E-state index < -0.39 is 10.0 Å². The molecule has 0 spiro atoms. The van der Waals surface area contributed by atoms with Gasteiger partial charge in [0.15, 0.2) is 5.78 Å². The van der Waals surface area contributed by atoms with Crippen molar-refractivity contribution >= 4 is 45.1 Å². The first-order chi connectivity index (χ1) is 13.3. The van der Waals surface area contributed by atoms with Crippen molar-refractivity contribution in [2.24, 2.45) is 5.92 Å². The summed E-state index contributed by atoms with van der Waals surface area (Å²) in [6.45, 7) is 3.20. The van der Waals surface area contributed by atoms with E-state index in [2.05, 4.69) is 6.92 Å². The molecule has 3 rings (SSSR count). The van der Waals surface area contributed by atoms with E-state index >= 15 is 0 Å². The van der Waals surface area contributed by atoms with Gasteiger partial charge in [-0.05, 0) is 67.3 Å². The second kappa shape index (κ2) is 8.78. The maximum atomic E-state index is 12.8. The molecule has 2 aromatic rings. The van der Waals surface area contributed by atoms with Crippen molar-refractivity contribution in [3.8, 4) is 0 Å². The van der Waals surface area contributed by atoms with Gasteiger partial charge in [0.1, 0.15) is 0 Å².